The number of hydrogen-bond donors (Lipinski definition) is 2. The highest BCUT2D eigenvalue weighted by molar-refractivity contribution is 6.05. The molecule has 2 fully saturated rings. The van der Waals surface area contributed by atoms with Crippen molar-refractivity contribution in [3.05, 3.63) is 57.9 Å². The van der Waals surface area contributed by atoms with E-state index < -0.39 is 23.8 Å². The number of fused-ring (bicyclic) bond motifs is 5. The molecule has 2 heterocycles. The quantitative estimate of drug-likeness (QED) is 0.510. The van der Waals surface area contributed by atoms with Gasteiger partial charge in [-0.1, -0.05) is 18.2 Å². The van der Waals surface area contributed by atoms with Crippen LogP contribution in [-0.2, 0) is 16.0 Å². The van der Waals surface area contributed by atoms with Crippen molar-refractivity contribution in [2.24, 2.45) is 5.92 Å². The fraction of sp³-hybridized carbons (Fsp3) is 0.414. The number of carbonyl (C=O) groups excluding carboxylic acids is 2. The summed E-state index contributed by atoms with van der Waals surface area (Å²) in [6, 6.07) is 13.2. The number of amides is 2. The van der Waals surface area contributed by atoms with Crippen LogP contribution in [0.25, 0.3) is 21.7 Å². The minimum absolute atomic E-state index is 0.0302. The molecule has 1 aliphatic carbocycles. The van der Waals surface area contributed by atoms with Crippen molar-refractivity contribution >= 4 is 33.7 Å². The molecule has 0 spiro atoms. The Morgan fingerprint density at radius 2 is 1.89 bits per heavy atom. The van der Waals surface area contributed by atoms with Crippen molar-refractivity contribution in [3.8, 4) is 12.1 Å². The van der Waals surface area contributed by atoms with E-state index in [1.165, 1.54) is 0 Å². The third kappa shape index (κ3) is 4.68. The van der Waals surface area contributed by atoms with Gasteiger partial charge < -0.3 is 15.0 Å². The maximum absolute atomic E-state index is 13.4. The Kier molecular flexibility index (Phi) is 6.32. The average molecular weight is 512 g/mol. The SMILES string of the molecule is CC(C)(C)OC(=O)N1[C@@H]2CC[C@@H](C2)[C@H]1C(=O)NC(C#N)Cc1ccc2c(c1)c(=O)[nH]c1cc(C#N)ccc12. The molecule has 2 N–H and O–H groups in total. The van der Waals surface area contributed by atoms with E-state index in [4.69, 9.17) is 10.00 Å². The first-order chi connectivity index (χ1) is 18.1. The summed E-state index contributed by atoms with van der Waals surface area (Å²) in [5.41, 5.74) is 0.790. The second kappa shape index (κ2) is 9.50. The topological polar surface area (TPSA) is 139 Å². The Balaban J connectivity index is 1.36. The van der Waals surface area contributed by atoms with Crippen molar-refractivity contribution in [1.82, 2.24) is 15.2 Å². The smallest absolute Gasteiger partial charge is 0.411 e. The van der Waals surface area contributed by atoms with Crippen molar-refractivity contribution in [2.75, 3.05) is 0 Å². The number of hydrogen-bond acceptors (Lipinski definition) is 6. The Morgan fingerprint density at radius 1 is 1.13 bits per heavy atom. The molecule has 38 heavy (non-hydrogen) atoms. The van der Waals surface area contributed by atoms with Gasteiger partial charge >= 0.3 is 6.09 Å². The molecule has 1 aromatic heterocycles. The van der Waals surface area contributed by atoms with Crippen LogP contribution >= 0.6 is 0 Å². The van der Waals surface area contributed by atoms with Gasteiger partial charge in [0.15, 0.2) is 0 Å². The van der Waals surface area contributed by atoms with E-state index in [1.807, 2.05) is 12.1 Å². The van der Waals surface area contributed by atoms with Crippen LogP contribution in [0.2, 0.25) is 0 Å². The number of H-pyrrole nitrogens is 1. The Bertz CT molecular complexity index is 1590. The second-order valence-corrected chi connectivity index (χ2v) is 11.2. The minimum atomic E-state index is -0.836. The van der Waals surface area contributed by atoms with Crippen LogP contribution in [0, 0.1) is 28.6 Å². The summed E-state index contributed by atoms with van der Waals surface area (Å²) >= 11 is 0. The Labute approximate surface area is 220 Å². The fourth-order valence-corrected chi connectivity index (χ4v) is 5.81. The number of likely N-dealkylation sites (tertiary alicyclic amines) is 1. The van der Waals surface area contributed by atoms with E-state index in [1.54, 1.807) is 49.9 Å². The molecule has 1 saturated carbocycles. The Morgan fingerprint density at radius 3 is 2.61 bits per heavy atom. The number of rotatable bonds is 4. The van der Waals surface area contributed by atoms with E-state index >= 15 is 0 Å². The van der Waals surface area contributed by atoms with Gasteiger partial charge in [-0.25, -0.2) is 4.79 Å². The molecule has 2 aliphatic rings. The molecule has 3 aromatic rings. The highest BCUT2D eigenvalue weighted by Crippen LogP contribution is 2.43. The molecule has 5 rings (SSSR count). The number of benzene rings is 2. The number of nitriles is 2. The van der Waals surface area contributed by atoms with E-state index in [-0.39, 0.29) is 29.8 Å². The minimum Gasteiger partial charge on any atom is -0.444 e. The largest absolute Gasteiger partial charge is 0.444 e. The van der Waals surface area contributed by atoms with Gasteiger partial charge in [0.1, 0.15) is 17.7 Å². The molecule has 2 bridgehead atoms. The first kappa shape index (κ1) is 25.3. The van der Waals surface area contributed by atoms with E-state index in [0.717, 1.165) is 35.6 Å². The number of nitrogens with zero attached hydrogens (tertiary/aromatic N) is 3. The zero-order valence-electron chi connectivity index (χ0n) is 21.6. The van der Waals surface area contributed by atoms with Crippen LogP contribution in [0.15, 0.2) is 41.2 Å². The van der Waals surface area contributed by atoms with Crippen LogP contribution < -0.4 is 10.9 Å². The van der Waals surface area contributed by atoms with Gasteiger partial charge in [-0.3, -0.25) is 14.5 Å². The van der Waals surface area contributed by atoms with Gasteiger partial charge in [0, 0.05) is 23.2 Å². The van der Waals surface area contributed by atoms with E-state index in [9.17, 15) is 19.6 Å². The number of nitrogens with one attached hydrogen (secondary N) is 2. The zero-order chi connectivity index (χ0) is 27.2. The third-order valence-electron chi connectivity index (χ3n) is 7.39. The number of pyridine rings is 1. The summed E-state index contributed by atoms with van der Waals surface area (Å²) < 4.78 is 5.57. The summed E-state index contributed by atoms with van der Waals surface area (Å²) in [5, 5.41) is 23.8. The predicted octanol–water partition coefficient (Wildman–Crippen LogP) is 3.89. The average Bonchev–Trinajstić information content (AvgIpc) is 3.49. The lowest BCUT2D eigenvalue weighted by Gasteiger charge is -2.35. The molecule has 194 valence electrons. The van der Waals surface area contributed by atoms with Gasteiger partial charge in [0.05, 0.1) is 23.2 Å². The molecule has 4 atom stereocenters. The fourth-order valence-electron chi connectivity index (χ4n) is 5.81. The molecule has 0 radical (unpaired) electrons. The highest BCUT2D eigenvalue weighted by atomic mass is 16.6. The summed E-state index contributed by atoms with van der Waals surface area (Å²) in [6.07, 6.45) is 2.16. The molecule has 2 aromatic carbocycles. The predicted molar refractivity (Wildman–Crippen MR) is 141 cm³/mol. The summed E-state index contributed by atoms with van der Waals surface area (Å²) in [5.74, 6) is -0.312. The van der Waals surface area contributed by atoms with Crippen molar-refractivity contribution in [2.45, 2.75) is 70.2 Å². The molecule has 2 amide bonds. The number of ether oxygens (including phenoxy) is 1. The van der Waals surface area contributed by atoms with E-state index in [0.29, 0.717) is 16.5 Å². The summed E-state index contributed by atoms with van der Waals surface area (Å²) in [7, 11) is 0. The monoisotopic (exact) mass is 511 g/mol. The van der Waals surface area contributed by atoms with Gasteiger partial charge in [0.2, 0.25) is 5.91 Å². The molecule has 1 unspecified atom stereocenters. The van der Waals surface area contributed by atoms with Crippen LogP contribution in [0.5, 0.6) is 0 Å². The van der Waals surface area contributed by atoms with Gasteiger partial charge in [-0.2, -0.15) is 10.5 Å². The number of carbonyl (C=O) groups is 2. The zero-order valence-corrected chi connectivity index (χ0v) is 21.6. The first-order valence-electron chi connectivity index (χ1n) is 12.8. The standard InChI is InChI=1S/C29H29N5O4/c1-29(2,3)38-28(37)34-20-7-6-18(13-20)25(34)27(36)32-19(15-31)10-16-4-8-21-22-9-5-17(14-30)12-24(22)33-26(35)23(21)11-16/h4-5,8-9,11-12,18-20,25H,6-7,10,13H2,1-3H3,(H,32,36)(H,33,35)/t18-,19?,20+,25-/m0/s1. The van der Waals surface area contributed by atoms with Crippen molar-refractivity contribution in [3.63, 3.8) is 0 Å². The second-order valence-electron chi connectivity index (χ2n) is 11.2. The highest BCUT2D eigenvalue weighted by Gasteiger charge is 2.52. The normalized spacial score (nSPS) is 21.2. The van der Waals surface area contributed by atoms with E-state index in [2.05, 4.69) is 22.4 Å². The van der Waals surface area contributed by atoms with Gasteiger partial charge in [-0.05, 0) is 75.1 Å². The van der Waals surface area contributed by atoms with Crippen LogP contribution in [0.3, 0.4) is 0 Å². The maximum Gasteiger partial charge on any atom is 0.411 e. The lowest BCUT2D eigenvalue weighted by Crippen LogP contribution is -2.55. The molecule has 9 nitrogen and oxygen atoms in total. The maximum atomic E-state index is 13.4. The lowest BCUT2D eigenvalue weighted by molar-refractivity contribution is -0.128. The van der Waals surface area contributed by atoms with Gasteiger partial charge in [-0.15, -0.1) is 0 Å². The van der Waals surface area contributed by atoms with Crippen LogP contribution in [0.1, 0.15) is 51.2 Å². The van der Waals surface area contributed by atoms with Crippen LogP contribution in [-0.4, -0.2) is 45.6 Å². The molecular weight excluding hydrogens is 482 g/mol. The first-order valence-corrected chi connectivity index (χ1v) is 12.8. The number of aromatic nitrogens is 1. The summed E-state index contributed by atoms with van der Waals surface area (Å²) in [6.45, 7) is 5.38. The van der Waals surface area contributed by atoms with Crippen molar-refractivity contribution in [1.29, 1.82) is 10.5 Å². The number of aromatic amines is 1. The Hall–Kier alpha value is -4.37. The van der Waals surface area contributed by atoms with Crippen LogP contribution in [0.4, 0.5) is 4.79 Å². The third-order valence-corrected chi connectivity index (χ3v) is 7.39. The summed E-state index contributed by atoms with van der Waals surface area (Å²) in [4.78, 5) is 43.4. The lowest BCUT2D eigenvalue weighted by atomic mass is 9.97. The molecule has 1 saturated heterocycles. The number of piperidine rings is 1. The molecular formula is C29H29N5O4. The van der Waals surface area contributed by atoms with Crippen molar-refractivity contribution < 1.29 is 14.3 Å². The molecule has 1 aliphatic heterocycles. The molecule has 9 heteroatoms. The van der Waals surface area contributed by atoms with Gasteiger partial charge in [0.25, 0.3) is 5.56 Å².